The molecule has 0 heterocycles. The number of allylic oxidation sites excluding steroid dienone is 1. The van der Waals surface area contributed by atoms with E-state index in [1.165, 1.54) is 50.5 Å². The molecule has 4 aliphatic carbocycles. The molecule has 0 aromatic heterocycles. The van der Waals surface area contributed by atoms with Crippen LogP contribution in [0.3, 0.4) is 0 Å². The number of esters is 1. The molecule has 4 aliphatic rings. The molecular weight excluding hydrogens is 779 g/mol. The Morgan fingerprint density at radius 3 is 1.95 bits per heavy atom. The predicted octanol–water partition coefficient (Wildman–Crippen LogP) is 12.3. The monoisotopic (exact) mass is 870 g/mol. The van der Waals surface area contributed by atoms with E-state index >= 15 is 0 Å². The Labute approximate surface area is 377 Å². The van der Waals surface area contributed by atoms with E-state index in [2.05, 4.69) is 51.3 Å². The maximum Gasteiger partial charge on any atom is 0.408 e. The van der Waals surface area contributed by atoms with Gasteiger partial charge in [-0.05, 0) is 180 Å². The van der Waals surface area contributed by atoms with Gasteiger partial charge in [0.2, 0.25) is 5.91 Å². The summed E-state index contributed by atoms with van der Waals surface area (Å²) in [5.41, 5.74) is -0.322. The van der Waals surface area contributed by atoms with Crippen LogP contribution in [0, 0.1) is 46.3 Å². The smallest absolute Gasteiger partial charge is 0.408 e. The maximum atomic E-state index is 13.9. The Kier molecular flexibility index (Phi) is 17.2. The van der Waals surface area contributed by atoms with Crippen molar-refractivity contribution in [2.45, 2.75) is 235 Å². The van der Waals surface area contributed by atoms with E-state index < -0.39 is 34.5 Å². The standard InChI is InChI=1S/C52H91N3O7/c1-35(2)18-16-19-36(3)40-22-23-41-39-21-20-37-34-38(26-29-51(37,14)42(39)27-30-52(40,41)15)60-44(57)25-24-43(56)55(33-31-50(12,13)54-46(59)62-48(7,8)9)32-17-28-49(10,11)53-45(58)61-47(4,5)6/h20,35-36,38-42H,16-19,21-34H2,1-15H3,(H,53,58)(H,54,59)/t36?,38-,39-,40+,41-,42-,51-,52+/m0/s1. The van der Waals surface area contributed by atoms with Gasteiger partial charge in [-0.2, -0.15) is 0 Å². The number of fused-ring (bicyclic) bond motifs is 5. The Bertz CT molecular complexity index is 1570. The van der Waals surface area contributed by atoms with Crippen molar-refractivity contribution in [3.63, 3.8) is 0 Å². The molecule has 0 aliphatic heterocycles. The number of alkyl carbamates (subject to hydrolysis) is 2. The Balaban J connectivity index is 1.33. The second-order valence-electron chi connectivity index (χ2n) is 24.4. The molecule has 0 aromatic carbocycles. The lowest BCUT2D eigenvalue weighted by Gasteiger charge is -2.58. The number of carbonyl (C=O) groups excluding carboxylic acids is 4. The first kappa shape index (κ1) is 51.9. The highest BCUT2D eigenvalue weighted by Crippen LogP contribution is 2.67. The zero-order chi connectivity index (χ0) is 46.5. The molecule has 62 heavy (non-hydrogen) atoms. The summed E-state index contributed by atoms with van der Waals surface area (Å²) < 4.78 is 17.1. The summed E-state index contributed by atoms with van der Waals surface area (Å²) in [6.07, 6.45) is 16.6. The molecule has 0 spiro atoms. The predicted molar refractivity (Wildman–Crippen MR) is 249 cm³/mol. The minimum atomic E-state index is -0.650. The van der Waals surface area contributed by atoms with E-state index in [1.54, 1.807) is 4.90 Å². The summed E-state index contributed by atoms with van der Waals surface area (Å²) in [6, 6.07) is 0. The summed E-state index contributed by atoms with van der Waals surface area (Å²) in [6.45, 7) is 31.9. The first-order valence-corrected chi connectivity index (χ1v) is 24.7. The van der Waals surface area contributed by atoms with E-state index in [0.29, 0.717) is 43.7 Å². The summed E-state index contributed by atoms with van der Waals surface area (Å²) in [7, 11) is 0. The average molecular weight is 870 g/mol. The molecule has 4 rings (SSSR count). The highest BCUT2D eigenvalue weighted by molar-refractivity contribution is 5.81. The van der Waals surface area contributed by atoms with Gasteiger partial charge in [0.05, 0.1) is 6.42 Å². The van der Waals surface area contributed by atoms with Crippen molar-refractivity contribution in [3.8, 4) is 0 Å². The number of nitrogens with one attached hydrogen (secondary N) is 2. The zero-order valence-electron chi connectivity index (χ0n) is 42.2. The molecule has 356 valence electrons. The molecule has 0 radical (unpaired) electrons. The van der Waals surface area contributed by atoms with Crippen molar-refractivity contribution in [2.24, 2.45) is 46.3 Å². The van der Waals surface area contributed by atoms with Gasteiger partial charge in [0.15, 0.2) is 0 Å². The van der Waals surface area contributed by atoms with Gasteiger partial charge in [-0.1, -0.05) is 65.5 Å². The zero-order valence-corrected chi connectivity index (χ0v) is 42.2. The third-order valence-electron chi connectivity index (χ3n) is 15.4. The number of ether oxygens (including phenoxy) is 3. The highest BCUT2D eigenvalue weighted by atomic mass is 16.6. The van der Waals surface area contributed by atoms with Crippen LogP contribution in [-0.4, -0.2) is 70.4 Å². The molecule has 10 nitrogen and oxygen atoms in total. The number of amides is 3. The van der Waals surface area contributed by atoms with Crippen LogP contribution in [0.25, 0.3) is 0 Å². The minimum Gasteiger partial charge on any atom is -0.462 e. The molecule has 0 saturated heterocycles. The van der Waals surface area contributed by atoms with Gasteiger partial charge < -0.3 is 29.7 Å². The largest absolute Gasteiger partial charge is 0.462 e. The number of hydrogen-bond acceptors (Lipinski definition) is 7. The van der Waals surface area contributed by atoms with E-state index in [1.807, 2.05) is 69.2 Å². The fraction of sp³-hybridized carbons (Fsp3) is 0.885. The second kappa shape index (κ2) is 20.6. The minimum absolute atomic E-state index is 0.0232. The van der Waals surface area contributed by atoms with Crippen LogP contribution in [0.2, 0.25) is 0 Å². The topological polar surface area (TPSA) is 123 Å². The van der Waals surface area contributed by atoms with Crippen molar-refractivity contribution < 1.29 is 33.4 Å². The number of rotatable bonds is 18. The van der Waals surface area contributed by atoms with Gasteiger partial charge in [0, 0.05) is 37.0 Å². The van der Waals surface area contributed by atoms with Gasteiger partial charge in [-0.3, -0.25) is 9.59 Å². The van der Waals surface area contributed by atoms with Crippen LogP contribution in [0.5, 0.6) is 0 Å². The molecule has 2 N–H and O–H groups in total. The fourth-order valence-corrected chi connectivity index (χ4v) is 12.1. The van der Waals surface area contributed by atoms with Crippen LogP contribution in [0.15, 0.2) is 11.6 Å². The summed E-state index contributed by atoms with van der Waals surface area (Å²) >= 11 is 0. The molecule has 3 fully saturated rings. The van der Waals surface area contributed by atoms with Crippen LogP contribution >= 0.6 is 0 Å². The van der Waals surface area contributed by atoms with Crippen LogP contribution in [0.1, 0.15) is 207 Å². The number of hydrogen-bond donors (Lipinski definition) is 2. The Hall–Kier alpha value is -2.78. The lowest BCUT2D eigenvalue weighted by molar-refractivity contribution is -0.153. The van der Waals surface area contributed by atoms with Crippen molar-refractivity contribution in [1.29, 1.82) is 0 Å². The maximum absolute atomic E-state index is 13.9. The third-order valence-corrected chi connectivity index (χ3v) is 15.4. The molecule has 0 bridgehead atoms. The molecule has 8 atom stereocenters. The van der Waals surface area contributed by atoms with E-state index in [9.17, 15) is 19.2 Å². The van der Waals surface area contributed by atoms with Crippen molar-refractivity contribution >= 4 is 24.1 Å². The van der Waals surface area contributed by atoms with E-state index in [4.69, 9.17) is 14.2 Å². The van der Waals surface area contributed by atoms with E-state index in [0.717, 1.165) is 55.3 Å². The lowest BCUT2D eigenvalue weighted by Crippen LogP contribution is -2.51. The van der Waals surface area contributed by atoms with Gasteiger partial charge in [0.25, 0.3) is 0 Å². The summed E-state index contributed by atoms with van der Waals surface area (Å²) in [5.74, 6) is 4.28. The molecule has 3 amide bonds. The summed E-state index contributed by atoms with van der Waals surface area (Å²) in [4.78, 5) is 54.2. The van der Waals surface area contributed by atoms with Crippen LogP contribution in [0.4, 0.5) is 9.59 Å². The van der Waals surface area contributed by atoms with E-state index in [-0.39, 0.29) is 36.2 Å². The number of carbonyl (C=O) groups is 4. The van der Waals surface area contributed by atoms with Crippen LogP contribution < -0.4 is 10.6 Å². The van der Waals surface area contributed by atoms with Crippen molar-refractivity contribution in [3.05, 3.63) is 11.6 Å². The molecule has 1 unspecified atom stereocenters. The highest BCUT2D eigenvalue weighted by Gasteiger charge is 2.59. The van der Waals surface area contributed by atoms with Gasteiger partial charge in [-0.15, -0.1) is 0 Å². The third kappa shape index (κ3) is 14.6. The molecule has 10 heteroatoms. The molecule has 0 aromatic rings. The molecule has 3 saturated carbocycles. The normalized spacial score (nSPS) is 28.1. The van der Waals surface area contributed by atoms with Crippen molar-refractivity contribution in [1.82, 2.24) is 15.5 Å². The molecular formula is C52H91N3O7. The number of nitrogens with zero attached hydrogens (tertiary/aromatic N) is 1. The average Bonchev–Trinajstić information content (AvgIpc) is 3.47. The first-order chi connectivity index (χ1) is 28.5. The quantitative estimate of drug-likeness (QED) is 0.0799. The second-order valence-corrected chi connectivity index (χ2v) is 24.4. The Morgan fingerprint density at radius 1 is 0.742 bits per heavy atom. The summed E-state index contributed by atoms with van der Waals surface area (Å²) in [5, 5.41) is 5.90. The first-order valence-electron chi connectivity index (χ1n) is 24.7. The fourth-order valence-electron chi connectivity index (χ4n) is 12.1. The van der Waals surface area contributed by atoms with Gasteiger partial charge >= 0.3 is 18.2 Å². The van der Waals surface area contributed by atoms with Gasteiger partial charge in [-0.25, -0.2) is 9.59 Å². The SMILES string of the molecule is CC(C)CCCC(C)[C@H]1CC[C@H]2[C@@H]3CC=C4C[C@@H](OC(=O)CCC(=O)N(CCCC(C)(C)NC(=O)OC(C)(C)C)CCC(C)(C)NC(=O)OC(C)(C)C)CC[C@]4(C)[C@H]3CC[C@]12C. The van der Waals surface area contributed by atoms with Crippen molar-refractivity contribution in [2.75, 3.05) is 13.1 Å². The lowest BCUT2D eigenvalue weighted by atomic mass is 9.47. The van der Waals surface area contributed by atoms with Gasteiger partial charge in [0.1, 0.15) is 17.3 Å². The Morgan fingerprint density at radius 2 is 1.35 bits per heavy atom. The van der Waals surface area contributed by atoms with Crippen LogP contribution in [-0.2, 0) is 23.8 Å².